The van der Waals surface area contributed by atoms with Gasteiger partial charge in [0, 0.05) is 24.7 Å². The summed E-state index contributed by atoms with van der Waals surface area (Å²) in [4.78, 5) is 1.80. The third-order valence-corrected chi connectivity index (χ3v) is 2.77. The lowest BCUT2D eigenvalue weighted by molar-refractivity contribution is 0.0874. The maximum atomic E-state index is 9.99. The first-order valence-corrected chi connectivity index (χ1v) is 5.92. The summed E-state index contributed by atoms with van der Waals surface area (Å²) in [5.74, 6) is 0. The minimum atomic E-state index is -0.648. The Morgan fingerprint density at radius 3 is 2.06 bits per heavy atom. The Labute approximate surface area is 106 Å². The predicted octanol–water partition coefficient (Wildman–Crippen LogP) is 0.660. The van der Waals surface area contributed by atoms with Crippen molar-refractivity contribution in [3.8, 4) is 0 Å². The van der Waals surface area contributed by atoms with Crippen LogP contribution in [0.4, 0.5) is 0 Å². The van der Waals surface area contributed by atoms with E-state index >= 15 is 0 Å². The second kappa shape index (κ2) is 7.63. The fraction of sp³-hybridized carbons (Fsp3) is 0.500. The summed E-state index contributed by atoms with van der Waals surface area (Å²) in [7, 11) is 0. The van der Waals surface area contributed by atoms with Crippen LogP contribution in [0.25, 0.3) is 0 Å². The Morgan fingerprint density at radius 2 is 1.59 bits per heavy atom. The Kier molecular flexibility index (Phi) is 6.47. The third-order valence-electron chi connectivity index (χ3n) is 2.52. The highest BCUT2D eigenvalue weighted by Crippen LogP contribution is 2.17. The lowest BCUT2D eigenvalue weighted by Crippen LogP contribution is -2.33. The summed E-state index contributed by atoms with van der Waals surface area (Å²) < 4.78 is 0. The molecule has 0 saturated carbocycles. The van der Waals surface area contributed by atoms with Crippen LogP contribution in [0.3, 0.4) is 0 Å². The molecule has 0 saturated heterocycles. The van der Waals surface area contributed by atoms with E-state index in [0.717, 1.165) is 5.56 Å². The smallest absolute Gasteiger partial charge is 0.0916 e. The van der Waals surface area contributed by atoms with Crippen molar-refractivity contribution in [2.45, 2.75) is 6.10 Å². The fourth-order valence-corrected chi connectivity index (χ4v) is 1.74. The lowest BCUT2D eigenvalue weighted by Gasteiger charge is -2.23. The van der Waals surface area contributed by atoms with Crippen molar-refractivity contribution in [2.24, 2.45) is 0 Å². The van der Waals surface area contributed by atoms with Crippen molar-refractivity contribution in [1.82, 2.24) is 4.90 Å². The summed E-state index contributed by atoms with van der Waals surface area (Å²) in [5.41, 5.74) is 0.773. The number of hydrogen-bond acceptors (Lipinski definition) is 4. The van der Waals surface area contributed by atoms with Crippen LogP contribution >= 0.6 is 11.6 Å². The van der Waals surface area contributed by atoms with Crippen LogP contribution in [-0.2, 0) is 0 Å². The van der Waals surface area contributed by atoms with Crippen molar-refractivity contribution in [1.29, 1.82) is 0 Å². The minimum Gasteiger partial charge on any atom is -0.395 e. The molecule has 5 heteroatoms. The van der Waals surface area contributed by atoms with Crippen molar-refractivity contribution >= 4 is 11.6 Å². The van der Waals surface area contributed by atoms with E-state index in [9.17, 15) is 5.11 Å². The van der Waals surface area contributed by atoms with Gasteiger partial charge in [0.25, 0.3) is 0 Å². The molecule has 0 aliphatic heterocycles. The van der Waals surface area contributed by atoms with E-state index in [4.69, 9.17) is 21.8 Å². The van der Waals surface area contributed by atoms with Crippen LogP contribution in [0, 0.1) is 0 Å². The van der Waals surface area contributed by atoms with Gasteiger partial charge in [-0.3, -0.25) is 4.90 Å². The molecule has 1 unspecified atom stereocenters. The molecule has 0 radical (unpaired) electrons. The van der Waals surface area contributed by atoms with E-state index in [-0.39, 0.29) is 13.2 Å². The molecule has 1 aromatic rings. The zero-order valence-corrected chi connectivity index (χ0v) is 10.3. The molecule has 0 amide bonds. The Bertz CT molecular complexity index is 312. The maximum absolute atomic E-state index is 9.99. The highest BCUT2D eigenvalue weighted by atomic mass is 35.5. The molecular formula is C12H18ClNO3. The standard InChI is InChI=1S/C12H18ClNO3/c13-11-3-1-10(2-4-11)12(17)9-14(5-7-15)6-8-16/h1-4,12,15-17H,5-9H2. The van der Waals surface area contributed by atoms with Crippen molar-refractivity contribution in [3.63, 3.8) is 0 Å². The number of halogens is 1. The highest BCUT2D eigenvalue weighted by molar-refractivity contribution is 6.30. The van der Waals surface area contributed by atoms with Gasteiger partial charge in [-0.05, 0) is 17.7 Å². The molecule has 96 valence electrons. The second-order valence-electron chi connectivity index (χ2n) is 3.82. The minimum absolute atomic E-state index is 0.00728. The largest absolute Gasteiger partial charge is 0.395 e. The zero-order chi connectivity index (χ0) is 12.7. The summed E-state index contributed by atoms with van der Waals surface area (Å²) in [6.07, 6.45) is -0.648. The van der Waals surface area contributed by atoms with E-state index in [1.54, 1.807) is 29.2 Å². The molecule has 0 fully saturated rings. The van der Waals surface area contributed by atoms with Gasteiger partial charge >= 0.3 is 0 Å². The van der Waals surface area contributed by atoms with E-state index in [1.807, 2.05) is 0 Å². The van der Waals surface area contributed by atoms with Crippen LogP contribution in [-0.4, -0.2) is 53.1 Å². The first-order chi connectivity index (χ1) is 8.17. The van der Waals surface area contributed by atoms with E-state index in [0.29, 0.717) is 24.7 Å². The van der Waals surface area contributed by atoms with Crippen molar-refractivity contribution in [3.05, 3.63) is 34.9 Å². The van der Waals surface area contributed by atoms with Crippen LogP contribution in [0.5, 0.6) is 0 Å². The van der Waals surface area contributed by atoms with Gasteiger partial charge in [0.05, 0.1) is 19.3 Å². The Morgan fingerprint density at radius 1 is 1.06 bits per heavy atom. The van der Waals surface area contributed by atoms with Crippen LogP contribution < -0.4 is 0 Å². The lowest BCUT2D eigenvalue weighted by atomic mass is 10.1. The molecular weight excluding hydrogens is 242 g/mol. The molecule has 17 heavy (non-hydrogen) atoms. The molecule has 0 spiro atoms. The Balaban J connectivity index is 2.56. The number of aliphatic hydroxyl groups is 3. The Hall–Kier alpha value is -0.650. The molecule has 1 rings (SSSR count). The summed E-state index contributed by atoms with van der Waals surface area (Å²) >= 11 is 5.76. The van der Waals surface area contributed by atoms with Gasteiger partial charge in [0.2, 0.25) is 0 Å². The quantitative estimate of drug-likeness (QED) is 0.673. The first-order valence-electron chi connectivity index (χ1n) is 5.55. The number of rotatable bonds is 7. The zero-order valence-electron chi connectivity index (χ0n) is 9.59. The summed E-state index contributed by atoms with van der Waals surface area (Å²) in [6.45, 7) is 1.26. The fourth-order valence-electron chi connectivity index (χ4n) is 1.61. The number of nitrogens with zero attached hydrogens (tertiary/aromatic N) is 1. The van der Waals surface area contributed by atoms with E-state index in [1.165, 1.54) is 0 Å². The number of hydrogen-bond donors (Lipinski definition) is 3. The van der Waals surface area contributed by atoms with Gasteiger partial charge in [0.15, 0.2) is 0 Å². The molecule has 0 aliphatic carbocycles. The summed E-state index contributed by atoms with van der Waals surface area (Å²) in [6, 6.07) is 6.98. The topological polar surface area (TPSA) is 63.9 Å². The molecule has 1 aromatic carbocycles. The first kappa shape index (κ1) is 14.4. The normalized spacial score (nSPS) is 13.0. The SMILES string of the molecule is OCCN(CCO)CC(O)c1ccc(Cl)cc1. The number of aliphatic hydroxyl groups excluding tert-OH is 3. The molecule has 3 N–H and O–H groups in total. The highest BCUT2D eigenvalue weighted by Gasteiger charge is 2.12. The summed E-state index contributed by atoms with van der Waals surface area (Å²) in [5, 5.41) is 28.3. The molecule has 1 atom stereocenters. The monoisotopic (exact) mass is 259 g/mol. The van der Waals surface area contributed by atoms with Gasteiger partial charge in [-0.1, -0.05) is 23.7 Å². The van der Waals surface area contributed by atoms with Gasteiger partial charge in [-0.2, -0.15) is 0 Å². The predicted molar refractivity (Wildman–Crippen MR) is 67.0 cm³/mol. The van der Waals surface area contributed by atoms with Crippen LogP contribution in [0.2, 0.25) is 5.02 Å². The molecule has 0 aliphatic rings. The average Bonchev–Trinajstić information content (AvgIpc) is 2.30. The second-order valence-corrected chi connectivity index (χ2v) is 4.25. The number of benzene rings is 1. The van der Waals surface area contributed by atoms with Gasteiger partial charge in [0.1, 0.15) is 0 Å². The van der Waals surface area contributed by atoms with E-state index in [2.05, 4.69) is 0 Å². The molecule has 0 bridgehead atoms. The maximum Gasteiger partial charge on any atom is 0.0916 e. The van der Waals surface area contributed by atoms with Crippen LogP contribution in [0.15, 0.2) is 24.3 Å². The third kappa shape index (κ3) is 5.02. The van der Waals surface area contributed by atoms with Gasteiger partial charge in [-0.25, -0.2) is 0 Å². The molecule has 0 aromatic heterocycles. The molecule has 0 heterocycles. The molecule has 4 nitrogen and oxygen atoms in total. The average molecular weight is 260 g/mol. The van der Waals surface area contributed by atoms with Crippen LogP contribution in [0.1, 0.15) is 11.7 Å². The van der Waals surface area contributed by atoms with Gasteiger partial charge in [-0.15, -0.1) is 0 Å². The van der Waals surface area contributed by atoms with Crippen molar-refractivity contribution in [2.75, 3.05) is 32.8 Å². The van der Waals surface area contributed by atoms with Crippen molar-refractivity contribution < 1.29 is 15.3 Å². The van der Waals surface area contributed by atoms with E-state index < -0.39 is 6.10 Å². The van der Waals surface area contributed by atoms with Gasteiger partial charge < -0.3 is 15.3 Å².